The van der Waals surface area contributed by atoms with Gasteiger partial charge in [-0.1, -0.05) is 0 Å². The summed E-state index contributed by atoms with van der Waals surface area (Å²) in [6.45, 7) is 7.36. The fourth-order valence-corrected chi connectivity index (χ4v) is 3.51. The summed E-state index contributed by atoms with van der Waals surface area (Å²) in [5.41, 5.74) is 1.00. The second-order valence-electron chi connectivity index (χ2n) is 6.49. The SMILES string of the molecule is Cc1cc([C@@H](C)C(=O)N2CCC(c3nncn3C)CC2)c(C)o1. The molecule has 1 aliphatic heterocycles. The van der Waals surface area contributed by atoms with Crippen molar-refractivity contribution in [2.75, 3.05) is 13.1 Å². The molecule has 0 aromatic carbocycles. The van der Waals surface area contributed by atoms with Crippen molar-refractivity contribution in [2.45, 2.75) is 45.4 Å². The number of aryl methyl sites for hydroxylation is 3. The van der Waals surface area contributed by atoms with E-state index in [9.17, 15) is 4.79 Å². The van der Waals surface area contributed by atoms with Crippen LogP contribution in [-0.2, 0) is 11.8 Å². The van der Waals surface area contributed by atoms with Gasteiger partial charge in [-0.25, -0.2) is 0 Å². The van der Waals surface area contributed by atoms with Crippen LogP contribution in [0.5, 0.6) is 0 Å². The second kappa shape index (κ2) is 6.18. The Labute approximate surface area is 136 Å². The largest absolute Gasteiger partial charge is 0.466 e. The third kappa shape index (κ3) is 3.02. The van der Waals surface area contributed by atoms with Gasteiger partial charge in [-0.15, -0.1) is 10.2 Å². The van der Waals surface area contributed by atoms with Gasteiger partial charge in [-0.2, -0.15) is 0 Å². The molecule has 0 saturated carbocycles. The number of hydrogen-bond donors (Lipinski definition) is 0. The van der Waals surface area contributed by atoms with Crippen LogP contribution in [0.1, 0.15) is 54.5 Å². The zero-order valence-electron chi connectivity index (χ0n) is 14.2. The Bertz CT molecular complexity index is 695. The van der Waals surface area contributed by atoms with Gasteiger partial charge in [0.2, 0.25) is 5.91 Å². The highest BCUT2D eigenvalue weighted by Crippen LogP contribution is 2.30. The van der Waals surface area contributed by atoms with Crippen molar-refractivity contribution in [3.8, 4) is 0 Å². The van der Waals surface area contributed by atoms with E-state index in [4.69, 9.17) is 4.42 Å². The number of rotatable bonds is 3. The molecule has 1 saturated heterocycles. The van der Waals surface area contributed by atoms with E-state index in [-0.39, 0.29) is 11.8 Å². The number of amides is 1. The first-order valence-corrected chi connectivity index (χ1v) is 8.17. The van der Waals surface area contributed by atoms with Crippen LogP contribution in [0.3, 0.4) is 0 Å². The van der Waals surface area contributed by atoms with E-state index in [1.54, 1.807) is 6.33 Å². The molecule has 1 aliphatic rings. The number of hydrogen-bond acceptors (Lipinski definition) is 4. The first-order chi connectivity index (χ1) is 11.0. The van der Waals surface area contributed by atoms with Gasteiger partial charge in [0.15, 0.2) is 0 Å². The van der Waals surface area contributed by atoms with Crippen LogP contribution in [0.25, 0.3) is 0 Å². The Balaban J connectivity index is 1.64. The molecule has 0 radical (unpaired) electrons. The van der Waals surface area contributed by atoms with Crippen LogP contribution < -0.4 is 0 Å². The summed E-state index contributed by atoms with van der Waals surface area (Å²) in [4.78, 5) is 14.7. The highest BCUT2D eigenvalue weighted by atomic mass is 16.3. The summed E-state index contributed by atoms with van der Waals surface area (Å²) >= 11 is 0. The maximum absolute atomic E-state index is 12.8. The van der Waals surface area contributed by atoms with Crippen LogP contribution in [0, 0.1) is 13.8 Å². The van der Waals surface area contributed by atoms with Crippen LogP contribution in [0.2, 0.25) is 0 Å². The lowest BCUT2D eigenvalue weighted by Crippen LogP contribution is -2.40. The molecular formula is C17H24N4O2. The number of nitrogens with zero attached hydrogens (tertiary/aromatic N) is 4. The average Bonchev–Trinajstić information content (AvgIpc) is 3.11. The number of aromatic nitrogens is 3. The molecule has 3 rings (SSSR count). The van der Waals surface area contributed by atoms with Gasteiger partial charge in [0, 0.05) is 31.6 Å². The first-order valence-electron chi connectivity index (χ1n) is 8.17. The standard InChI is InChI=1S/C17H24N4O2/c1-11-9-15(13(3)23-11)12(2)17(22)21-7-5-14(6-8-21)16-19-18-10-20(16)4/h9-10,12,14H,5-8H2,1-4H3/t12-/m1/s1. The zero-order chi connectivity index (χ0) is 16.6. The Kier molecular flexibility index (Phi) is 4.24. The van der Waals surface area contributed by atoms with E-state index in [0.29, 0.717) is 5.92 Å². The molecule has 3 heterocycles. The maximum Gasteiger partial charge on any atom is 0.229 e. The minimum Gasteiger partial charge on any atom is -0.466 e. The highest BCUT2D eigenvalue weighted by molar-refractivity contribution is 5.83. The Morgan fingerprint density at radius 3 is 2.57 bits per heavy atom. The zero-order valence-corrected chi connectivity index (χ0v) is 14.2. The van der Waals surface area contributed by atoms with Crippen molar-refractivity contribution in [1.82, 2.24) is 19.7 Å². The molecule has 124 valence electrons. The van der Waals surface area contributed by atoms with Gasteiger partial charge in [0.05, 0.1) is 5.92 Å². The molecule has 6 nitrogen and oxygen atoms in total. The maximum atomic E-state index is 12.8. The Morgan fingerprint density at radius 2 is 2.04 bits per heavy atom. The van der Waals surface area contributed by atoms with Gasteiger partial charge in [-0.3, -0.25) is 4.79 Å². The number of carbonyl (C=O) groups is 1. The van der Waals surface area contributed by atoms with Crippen LogP contribution in [-0.4, -0.2) is 38.7 Å². The Morgan fingerprint density at radius 1 is 1.35 bits per heavy atom. The van der Waals surface area contributed by atoms with Crippen molar-refractivity contribution >= 4 is 5.91 Å². The molecule has 23 heavy (non-hydrogen) atoms. The summed E-state index contributed by atoms with van der Waals surface area (Å²) in [5.74, 6) is 3.14. The molecule has 0 aliphatic carbocycles. The van der Waals surface area contributed by atoms with E-state index in [1.807, 2.05) is 43.4 Å². The lowest BCUT2D eigenvalue weighted by atomic mass is 9.93. The summed E-state index contributed by atoms with van der Waals surface area (Å²) in [6, 6.07) is 1.98. The Hall–Kier alpha value is -2.11. The fourth-order valence-electron chi connectivity index (χ4n) is 3.51. The molecule has 1 fully saturated rings. The monoisotopic (exact) mass is 316 g/mol. The lowest BCUT2D eigenvalue weighted by molar-refractivity contribution is -0.133. The summed E-state index contributed by atoms with van der Waals surface area (Å²) in [6.07, 6.45) is 3.61. The van der Waals surface area contributed by atoms with Gasteiger partial charge in [0.25, 0.3) is 0 Å². The lowest BCUT2D eigenvalue weighted by Gasteiger charge is -2.33. The van der Waals surface area contributed by atoms with Gasteiger partial charge in [-0.05, 0) is 39.7 Å². The summed E-state index contributed by atoms with van der Waals surface area (Å²) in [7, 11) is 1.97. The number of likely N-dealkylation sites (tertiary alicyclic amines) is 1. The molecule has 0 unspecified atom stereocenters. The molecule has 0 N–H and O–H groups in total. The quantitative estimate of drug-likeness (QED) is 0.873. The van der Waals surface area contributed by atoms with E-state index >= 15 is 0 Å². The van der Waals surface area contributed by atoms with Gasteiger partial charge < -0.3 is 13.9 Å². The summed E-state index contributed by atoms with van der Waals surface area (Å²) in [5, 5.41) is 8.16. The number of carbonyl (C=O) groups excluding carboxylic acids is 1. The molecule has 0 bridgehead atoms. The second-order valence-corrected chi connectivity index (χ2v) is 6.49. The normalized spacial score (nSPS) is 17.5. The van der Waals surface area contributed by atoms with Crippen LogP contribution in [0.4, 0.5) is 0 Å². The van der Waals surface area contributed by atoms with E-state index in [2.05, 4.69) is 10.2 Å². The van der Waals surface area contributed by atoms with Crippen molar-refractivity contribution in [3.05, 3.63) is 35.3 Å². The van der Waals surface area contributed by atoms with Crippen molar-refractivity contribution < 1.29 is 9.21 Å². The van der Waals surface area contributed by atoms with Gasteiger partial charge in [0.1, 0.15) is 23.7 Å². The van der Waals surface area contributed by atoms with E-state index < -0.39 is 0 Å². The average molecular weight is 316 g/mol. The molecule has 1 atom stereocenters. The fraction of sp³-hybridized carbons (Fsp3) is 0.588. The minimum atomic E-state index is -0.154. The molecule has 2 aromatic rings. The molecule has 2 aromatic heterocycles. The first kappa shape index (κ1) is 15.8. The number of furan rings is 1. The molecule has 1 amide bonds. The number of piperidine rings is 1. The highest BCUT2D eigenvalue weighted by Gasteiger charge is 2.30. The molecular weight excluding hydrogens is 292 g/mol. The minimum absolute atomic E-state index is 0.154. The van der Waals surface area contributed by atoms with Crippen LogP contribution in [0.15, 0.2) is 16.8 Å². The topological polar surface area (TPSA) is 64.2 Å². The molecule has 0 spiro atoms. The summed E-state index contributed by atoms with van der Waals surface area (Å²) < 4.78 is 7.54. The predicted octanol–water partition coefficient (Wildman–Crippen LogP) is 2.53. The third-order valence-corrected chi connectivity index (χ3v) is 4.83. The van der Waals surface area contributed by atoms with E-state index in [0.717, 1.165) is 48.8 Å². The van der Waals surface area contributed by atoms with Crippen LogP contribution >= 0.6 is 0 Å². The van der Waals surface area contributed by atoms with Crippen molar-refractivity contribution in [1.29, 1.82) is 0 Å². The predicted molar refractivity (Wildman–Crippen MR) is 86.2 cm³/mol. The smallest absolute Gasteiger partial charge is 0.229 e. The van der Waals surface area contributed by atoms with E-state index in [1.165, 1.54) is 0 Å². The van der Waals surface area contributed by atoms with Gasteiger partial charge >= 0.3 is 0 Å². The third-order valence-electron chi connectivity index (χ3n) is 4.83. The van der Waals surface area contributed by atoms with Crippen molar-refractivity contribution in [2.24, 2.45) is 7.05 Å². The molecule has 6 heteroatoms. The van der Waals surface area contributed by atoms with Crippen molar-refractivity contribution in [3.63, 3.8) is 0 Å².